The molecule has 1 amide bonds. The van der Waals surface area contributed by atoms with Gasteiger partial charge in [0.25, 0.3) is 5.91 Å². The van der Waals surface area contributed by atoms with Gasteiger partial charge < -0.3 is 10.6 Å². The van der Waals surface area contributed by atoms with Crippen LogP contribution in [0, 0.1) is 18.6 Å². The average molecular weight is 372 g/mol. The van der Waals surface area contributed by atoms with Crippen LogP contribution in [-0.4, -0.2) is 22.4 Å². The van der Waals surface area contributed by atoms with Crippen molar-refractivity contribution in [3.8, 4) is 0 Å². The van der Waals surface area contributed by atoms with Crippen LogP contribution in [0.15, 0.2) is 35.9 Å². The molecule has 1 aromatic carbocycles. The third-order valence-corrected chi connectivity index (χ3v) is 4.38. The number of hydrogen-bond donors (Lipinski definition) is 2. The van der Waals surface area contributed by atoms with Gasteiger partial charge in [-0.1, -0.05) is 11.6 Å². The highest BCUT2D eigenvalue weighted by Crippen LogP contribution is 2.20. The lowest BCUT2D eigenvalue weighted by atomic mass is 9.97. The second kappa shape index (κ2) is 8.70. The van der Waals surface area contributed by atoms with Crippen molar-refractivity contribution in [3.05, 3.63) is 58.9 Å². The number of halogens is 2. The fourth-order valence-corrected chi connectivity index (χ4v) is 3.01. The smallest absolute Gasteiger partial charge is 0.274 e. The van der Waals surface area contributed by atoms with E-state index in [4.69, 9.17) is 0 Å². The van der Waals surface area contributed by atoms with Crippen molar-refractivity contribution in [2.75, 3.05) is 17.2 Å². The molecule has 1 heterocycles. The molecule has 0 fully saturated rings. The Morgan fingerprint density at radius 3 is 2.78 bits per heavy atom. The van der Waals surface area contributed by atoms with Crippen LogP contribution in [-0.2, 0) is 0 Å². The van der Waals surface area contributed by atoms with Crippen LogP contribution in [0.4, 0.5) is 20.4 Å². The number of allylic oxidation sites excluding steroid dienone is 1. The monoisotopic (exact) mass is 372 g/mol. The molecular weight excluding hydrogens is 350 g/mol. The Bertz CT molecular complexity index is 867. The first-order valence-electron chi connectivity index (χ1n) is 9.05. The van der Waals surface area contributed by atoms with Gasteiger partial charge in [-0.25, -0.2) is 18.7 Å². The van der Waals surface area contributed by atoms with E-state index in [0.29, 0.717) is 24.3 Å². The summed E-state index contributed by atoms with van der Waals surface area (Å²) in [6.07, 6.45) is 7.97. The van der Waals surface area contributed by atoms with Gasteiger partial charge in [0.1, 0.15) is 17.3 Å². The lowest BCUT2D eigenvalue weighted by Gasteiger charge is -2.13. The van der Waals surface area contributed by atoms with Gasteiger partial charge in [0.15, 0.2) is 0 Å². The van der Waals surface area contributed by atoms with Crippen molar-refractivity contribution >= 4 is 17.5 Å². The fraction of sp³-hybridized carbons (Fsp3) is 0.350. The van der Waals surface area contributed by atoms with Gasteiger partial charge in [-0.05, 0) is 57.2 Å². The van der Waals surface area contributed by atoms with Gasteiger partial charge >= 0.3 is 0 Å². The Hall–Kier alpha value is -2.83. The minimum absolute atomic E-state index is 0.101. The summed E-state index contributed by atoms with van der Waals surface area (Å²) in [7, 11) is 0. The summed E-state index contributed by atoms with van der Waals surface area (Å²) >= 11 is 0. The summed E-state index contributed by atoms with van der Waals surface area (Å²) in [4.78, 5) is 20.9. The number of rotatable bonds is 6. The van der Waals surface area contributed by atoms with Crippen LogP contribution in [0.3, 0.4) is 0 Å². The highest BCUT2D eigenvalue weighted by atomic mass is 19.1. The van der Waals surface area contributed by atoms with Crippen LogP contribution in [0.1, 0.15) is 48.3 Å². The van der Waals surface area contributed by atoms with Gasteiger partial charge in [-0.15, -0.1) is 0 Å². The third kappa shape index (κ3) is 5.32. The zero-order valence-electron chi connectivity index (χ0n) is 15.2. The second-order valence-corrected chi connectivity index (χ2v) is 6.58. The normalized spacial score (nSPS) is 13.8. The lowest BCUT2D eigenvalue weighted by Crippen LogP contribution is -2.17. The summed E-state index contributed by atoms with van der Waals surface area (Å²) in [5.74, 6) is -1.77. The fourth-order valence-electron chi connectivity index (χ4n) is 3.01. The molecule has 0 saturated heterocycles. The molecule has 1 aromatic heterocycles. The topological polar surface area (TPSA) is 66.9 Å². The van der Waals surface area contributed by atoms with Gasteiger partial charge in [-0.3, -0.25) is 4.79 Å². The summed E-state index contributed by atoms with van der Waals surface area (Å²) in [5.41, 5.74) is 2.07. The van der Waals surface area contributed by atoms with Crippen molar-refractivity contribution in [1.82, 2.24) is 9.97 Å². The zero-order chi connectivity index (χ0) is 19.2. The molecule has 0 bridgehead atoms. The number of benzene rings is 1. The summed E-state index contributed by atoms with van der Waals surface area (Å²) in [6.45, 7) is 2.44. The molecule has 7 heteroatoms. The first-order valence-corrected chi connectivity index (χ1v) is 9.05. The Kier molecular flexibility index (Phi) is 6.11. The zero-order valence-corrected chi connectivity index (χ0v) is 15.2. The van der Waals surface area contributed by atoms with E-state index in [1.165, 1.54) is 30.5 Å². The van der Waals surface area contributed by atoms with Crippen LogP contribution < -0.4 is 10.6 Å². The van der Waals surface area contributed by atoms with Crippen molar-refractivity contribution in [1.29, 1.82) is 0 Å². The molecule has 1 aliphatic rings. The minimum Gasteiger partial charge on any atom is -0.354 e. The maximum Gasteiger partial charge on any atom is 0.274 e. The van der Waals surface area contributed by atoms with E-state index in [0.717, 1.165) is 25.3 Å². The van der Waals surface area contributed by atoms with Gasteiger partial charge in [-0.2, -0.15) is 0 Å². The van der Waals surface area contributed by atoms with E-state index in [9.17, 15) is 13.6 Å². The van der Waals surface area contributed by atoms with Gasteiger partial charge in [0.05, 0.1) is 5.69 Å². The Morgan fingerprint density at radius 2 is 2.04 bits per heavy atom. The Balaban J connectivity index is 1.65. The maximum absolute atomic E-state index is 13.7. The minimum atomic E-state index is -0.840. The second-order valence-electron chi connectivity index (χ2n) is 6.58. The molecule has 0 radical (unpaired) electrons. The maximum atomic E-state index is 13.7. The third-order valence-electron chi connectivity index (χ3n) is 4.38. The highest BCUT2D eigenvalue weighted by Gasteiger charge is 2.14. The van der Waals surface area contributed by atoms with Crippen LogP contribution in [0.2, 0.25) is 0 Å². The molecule has 2 N–H and O–H groups in total. The van der Waals surface area contributed by atoms with Crippen LogP contribution >= 0.6 is 0 Å². The van der Waals surface area contributed by atoms with E-state index in [-0.39, 0.29) is 11.4 Å². The number of nitrogens with zero attached hydrogens (tertiary/aromatic N) is 2. The Labute approximate surface area is 156 Å². The molecule has 0 atom stereocenters. The molecule has 0 spiro atoms. The quantitative estimate of drug-likeness (QED) is 0.726. The molecule has 1 aliphatic carbocycles. The van der Waals surface area contributed by atoms with Crippen molar-refractivity contribution in [2.24, 2.45) is 0 Å². The molecule has 2 aromatic rings. The van der Waals surface area contributed by atoms with E-state index in [1.807, 2.05) is 0 Å². The molecule has 5 nitrogen and oxygen atoms in total. The van der Waals surface area contributed by atoms with Crippen LogP contribution in [0.5, 0.6) is 0 Å². The first kappa shape index (κ1) is 18.9. The molecule has 0 aliphatic heterocycles. The largest absolute Gasteiger partial charge is 0.354 e. The lowest BCUT2D eigenvalue weighted by molar-refractivity contribution is 0.102. The summed E-state index contributed by atoms with van der Waals surface area (Å²) in [5, 5.41) is 5.55. The summed E-state index contributed by atoms with van der Waals surface area (Å²) < 4.78 is 26.7. The standard InChI is InChI=1S/C20H22F2N4O/c1-13-11-18(19(27)25-17-8-7-15(21)12-16(17)22)26-20(24-13)23-10-9-14-5-3-2-4-6-14/h5,7-8,11-12H,2-4,6,9-10H2,1H3,(H,25,27)(H,23,24,26). The number of carbonyl (C=O) groups excluding carboxylic acids is 1. The number of aryl methyl sites for hydroxylation is 1. The van der Waals surface area contributed by atoms with Crippen molar-refractivity contribution in [2.45, 2.75) is 39.0 Å². The number of anilines is 2. The number of aromatic nitrogens is 2. The molecule has 0 unspecified atom stereocenters. The molecule has 142 valence electrons. The molecular formula is C20H22F2N4O. The number of amides is 1. The highest BCUT2D eigenvalue weighted by molar-refractivity contribution is 6.03. The van der Waals surface area contributed by atoms with Gasteiger partial charge in [0, 0.05) is 18.3 Å². The van der Waals surface area contributed by atoms with E-state index >= 15 is 0 Å². The summed E-state index contributed by atoms with van der Waals surface area (Å²) in [6, 6.07) is 4.49. The Morgan fingerprint density at radius 1 is 1.19 bits per heavy atom. The van der Waals surface area contributed by atoms with Crippen molar-refractivity contribution in [3.63, 3.8) is 0 Å². The van der Waals surface area contributed by atoms with Crippen molar-refractivity contribution < 1.29 is 13.6 Å². The number of carbonyl (C=O) groups is 1. The average Bonchev–Trinajstić information content (AvgIpc) is 2.64. The van der Waals surface area contributed by atoms with E-state index in [1.54, 1.807) is 6.92 Å². The first-order chi connectivity index (χ1) is 13.0. The van der Waals surface area contributed by atoms with E-state index in [2.05, 4.69) is 26.7 Å². The molecule has 3 rings (SSSR count). The van der Waals surface area contributed by atoms with E-state index < -0.39 is 17.5 Å². The predicted molar refractivity (Wildman–Crippen MR) is 101 cm³/mol. The number of hydrogen-bond acceptors (Lipinski definition) is 4. The predicted octanol–water partition coefficient (Wildman–Crippen LogP) is 4.62. The molecule has 0 saturated carbocycles. The molecule has 27 heavy (non-hydrogen) atoms. The SMILES string of the molecule is Cc1cc(C(=O)Nc2ccc(F)cc2F)nc(NCCC2=CCCCC2)n1. The van der Waals surface area contributed by atoms with Crippen LogP contribution in [0.25, 0.3) is 0 Å². The van der Waals surface area contributed by atoms with Gasteiger partial charge in [0.2, 0.25) is 5.95 Å². The number of nitrogens with one attached hydrogen (secondary N) is 2.